The summed E-state index contributed by atoms with van der Waals surface area (Å²) in [5.41, 5.74) is 23.0. The van der Waals surface area contributed by atoms with Gasteiger partial charge in [-0.1, -0.05) is 35.4 Å². The summed E-state index contributed by atoms with van der Waals surface area (Å²) < 4.78 is 0. The van der Waals surface area contributed by atoms with E-state index >= 15 is 0 Å². The third-order valence-electron chi connectivity index (χ3n) is 4.95. The highest BCUT2D eigenvalue weighted by Gasteiger charge is 2.15. The second kappa shape index (κ2) is 8.13. The van der Waals surface area contributed by atoms with Gasteiger partial charge in [0.1, 0.15) is 0 Å². The maximum atomic E-state index is 6.45. The highest BCUT2D eigenvalue weighted by Crippen LogP contribution is 2.23. The Balaban J connectivity index is 2.01. The number of hydrogen-bond acceptors (Lipinski definition) is 3. The lowest BCUT2D eigenvalue weighted by molar-refractivity contribution is 0.548. The summed E-state index contributed by atoms with van der Waals surface area (Å²) in [5.74, 6) is 0. The fraction of sp³-hybridized carbons (Fsp3) is 0.455. The van der Waals surface area contributed by atoms with Gasteiger partial charge >= 0.3 is 0 Å². The van der Waals surface area contributed by atoms with E-state index in [0.29, 0.717) is 0 Å². The van der Waals surface area contributed by atoms with Crippen LogP contribution < -0.4 is 16.8 Å². The molecule has 0 aliphatic carbocycles. The Bertz CT molecular complexity index is 639. The molecule has 0 radical (unpaired) electrons. The van der Waals surface area contributed by atoms with Crippen molar-refractivity contribution in [3.8, 4) is 0 Å². The van der Waals surface area contributed by atoms with Crippen LogP contribution in [0, 0.1) is 41.5 Å². The SMILES string of the molecule is Cc1cc(C)c(C(N)CNCC(N)c2c(C)cc(C)cc2C)c(C)c1. The quantitative estimate of drug-likeness (QED) is 0.749. The van der Waals surface area contributed by atoms with Crippen molar-refractivity contribution in [2.45, 2.75) is 53.6 Å². The molecule has 136 valence electrons. The van der Waals surface area contributed by atoms with E-state index in [1.807, 2.05) is 0 Å². The Labute approximate surface area is 152 Å². The summed E-state index contributed by atoms with van der Waals surface area (Å²) in [6.07, 6.45) is 0. The van der Waals surface area contributed by atoms with Gasteiger partial charge in [-0.25, -0.2) is 0 Å². The van der Waals surface area contributed by atoms with Gasteiger partial charge in [-0.05, 0) is 74.9 Å². The van der Waals surface area contributed by atoms with Gasteiger partial charge in [0.05, 0.1) is 0 Å². The molecule has 3 nitrogen and oxygen atoms in total. The van der Waals surface area contributed by atoms with Crippen LogP contribution in [-0.4, -0.2) is 13.1 Å². The van der Waals surface area contributed by atoms with Crippen LogP contribution >= 0.6 is 0 Å². The summed E-state index contributed by atoms with van der Waals surface area (Å²) in [5, 5.41) is 3.47. The Kier molecular flexibility index (Phi) is 6.39. The molecule has 0 bridgehead atoms. The van der Waals surface area contributed by atoms with Crippen molar-refractivity contribution in [2.75, 3.05) is 13.1 Å². The third kappa shape index (κ3) is 4.69. The highest BCUT2D eigenvalue weighted by molar-refractivity contribution is 5.40. The first-order valence-electron chi connectivity index (χ1n) is 9.08. The molecule has 0 aliphatic rings. The summed E-state index contributed by atoms with van der Waals surface area (Å²) >= 11 is 0. The van der Waals surface area contributed by atoms with E-state index in [1.54, 1.807) is 0 Å². The van der Waals surface area contributed by atoms with Gasteiger partial charge in [0, 0.05) is 25.2 Å². The lowest BCUT2D eigenvalue weighted by atomic mass is 9.93. The van der Waals surface area contributed by atoms with E-state index in [2.05, 4.69) is 71.1 Å². The first-order chi connectivity index (χ1) is 11.7. The monoisotopic (exact) mass is 339 g/mol. The molecule has 2 atom stereocenters. The smallest absolute Gasteiger partial charge is 0.0427 e. The topological polar surface area (TPSA) is 64.1 Å². The molecule has 2 unspecified atom stereocenters. The molecule has 0 saturated carbocycles. The van der Waals surface area contributed by atoms with Crippen LogP contribution in [-0.2, 0) is 0 Å². The van der Waals surface area contributed by atoms with Gasteiger partial charge in [0.15, 0.2) is 0 Å². The molecule has 2 rings (SSSR count). The lowest BCUT2D eigenvalue weighted by Crippen LogP contribution is -2.34. The first-order valence-corrected chi connectivity index (χ1v) is 9.08. The minimum absolute atomic E-state index is 0.0204. The maximum Gasteiger partial charge on any atom is 0.0427 e. The van der Waals surface area contributed by atoms with Crippen molar-refractivity contribution in [3.05, 3.63) is 68.8 Å². The van der Waals surface area contributed by atoms with E-state index in [-0.39, 0.29) is 12.1 Å². The van der Waals surface area contributed by atoms with E-state index < -0.39 is 0 Å². The number of benzene rings is 2. The van der Waals surface area contributed by atoms with Crippen LogP contribution in [0.1, 0.15) is 56.6 Å². The van der Waals surface area contributed by atoms with Gasteiger partial charge in [-0.2, -0.15) is 0 Å². The number of hydrogen-bond donors (Lipinski definition) is 3. The van der Waals surface area contributed by atoms with Crippen LogP contribution in [0.15, 0.2) is 24.3 Å². The van der Waals surface area contributed by atoms with Crippen LogP contribution in [0.25, 0.3) is 0 Å². The predicted molar refractivity (Wildman–Crippen MR) is 108 cm³/mol. The summed E-state index contributed by atoms with van der Waals surface area (Å²) in [4.78, 5) is 0. The van der Waals surface area contributed by atoms with Crippen LogP contribution in [0.3, 0.4) is 0 Å². The number of nitrogens with one attached hydrogen (secondary N) is 1. The largest absolute Gasteiger partial charge is 0.323 e. The second-order valence-corrected chi connectivity index (χ2v) is 7.50. The molecule has 0 saturated heterocycles. The number of rotatable bonds is 6. The second-order valence-electron chi connectivity index (χ2n) is 7.50. The molecule has 0 spiro atoms. The molecular weight excluding hydrogens is 306 g/mol. The standard InChI is InChI=1S/C22H33N3/c1-13-7-15(3)21(16(4)8-13)19(23)11-25-12-20(24)22-17(5)9-14(2)10-18(22)6/h7-10,19-20,25H,11-12,23-24H2,1-6H3. The van der Waals surface area contributed by atoms with Crippen molar-refractivity contribution < 1.29 is 0 Å². The molecule has 0 heterocycles. The fourth-order valence-electron chi connectivity index (χ4n) is 4.15. The molecule has 3 heteroatoms. The molecule has 2 aromatic carbocycles. The molecule has 5 N–H and O–H groups in total. The minimum Gasteiger partial charge on any atom is -0.323 e. The van der Waals surface area contributed by atoms with Crippen molar-refractivity contribution in [1.29, 1.82) is 0 Å². The van der Waals surface area contributed by atoms with Crippen LogP contribution in [0.2, 0.25) is 0 Å². The predicted octanol–water partition coefficient (Wildman–Crippen LogP) is 3.83. The van der Waals surface area contributed by atoms with Crippen LogP contribution in [0.4, 0.5) is 0 Å². The first kappa shape index (κ1) is 19.6. The van der Waals surface area contributed by atoms with Crippen molar-refractivity contribution in [3.63, 3.8) is 0 Å². The average molecular weight is 340 g/mol. The van der Waals surface area contributed by atoms with Crippen LogP contribution in [0.5, 0.6) is 0 Å². The van der Waals surface area contributed by atoms with Gasteiger partial charge in [0.2, 0.25) is 0 Å². The number of aryl methyl sites for hydroxylation is 6. The highest BCUT2D eigenvalue weighted by atomic mass is 14.9. The third-order valence-corrected chi connectivity index (χ3v) is 4.95. The Hall–Kier alpha value is -1.68. The maximum absolute atomic E-state index is 6.45. The van der Waals surface area contributed by atoms with Gasteiger partial charge in [-0.15, -0.1) is 0 Å². The average Bonchev–Trinajstić information content (AvgIpc) is 2.44. The summed E-state index contributed by atoms with van der Waals surface area (Å²) in [6, 6.07) is 8.76. The molecule has 0 amide bonds. The zero-order valence-electron chi connectivity index (χ0n) is 16.5. The van der Waals surface area contributed by atoms with Gasteiger partial charge < -0.3 is 16.8 Å². The molecule has 0 aromatic heterocycles. The van der Waals surface area contributed by atoms with E-state index in [4.69, 9.17) is 11.5 Å². The zero-order valence-corrected chi connectivity index (χ0v) is 16.5. The molecule has 0 fully saturated rings. The van der Waals surface area contributed by atoms with E-state index in [0.717, 1.165) is 13.1 Å². The lowest BCUT2D eigenvalue weighted by Gasteiger charge is -2.22. The molecule has 2 aromatic rings. The summed E-state index contributed by atoms with van der Waals surface area (Å²) in [6.45, 7) is 14.3. The van der Waals surface area contributed by atoms with Crippen molar-refractivity contribution in [2.24, 2.45) is 11.5 Å². The normalized spacial score (nSPS) is 13.8. The van der Waals surface area contributed by atoms with E-state index in [9.17, 15) is 0 Å². The molecule has 0 aliphatic heterocycles. The Morgan fingerprint density at radius 1 is 0.640 bits per heavy atom. The number of nitrogens with two attached hydrogens (primary N) is 2. The van der Waals surface area contributed by atoms with Gasteiger partial charge in [-0.3, -0.25) is 0 Å². The zero-order chi connectivity index (χ0) is 18.7. The van der Waals surface area contributed by atoms with Crippen molar-refractivity contribution in [1.82, 2.24) is 5.32 Å². The van der Waals surface area contributed by atoms with E-state index in [1.165, 1.54) is 44.5 Å². The summed E-state index contributed by atoms with van der Waals surface area (Å²) in [7, 11) is 0. The minimum atomic E-state index is -0.0204. The fourth-order valence-corrected chi connectivity index (χ4v) is 4.15. The Morgan fingerprint density at radius 3 is 1.20 bits per heavy atom. The molecular formula is C22H33N3. The van der Waals surface area contributed by atoms with Crippen molar-refractivity contribution >= 4 is 0 Å². The Morgan fingerprint density at radius 2 is 0.920 bits per heavy atom. The van der Waals surface area contributed by atoms with Gasteiger partial charge in [0.25, 0.3) is 0 Å². The molecule has 25 heavy (non-hydrogen) atoms.